The molecule has 144 valence electrons. The Morgan fingerprint density at radius 3 is 1.77 bits per heavy atom. The fraction of sp³-hybridized carbons (Fsp3) is 0.0357. The fourth-order valence-corrected chi connectivity index (χ4v) is 4.04. The van der Waals surface area contributed by atoms with Crippen LogP contribution >= 0.6 is 0 Å². The highest BCUT2D eigenvalue weighted by atomic mass is 16.1. The van der Waals surface area contributed by atoms with Gasteiger partial charge in [-0.2, -0.15) is 0 Å². The number of nitrogens with zero attached hydrogens (tertiary/aromatic N) is 1. The zero-order valence-electron chi connectivity index (χ0n) is 16.7. The van der Waals surface area contributed by atoms with Gasteiger partial charge >= 0.3 is 0 Å². The Hall–Kier alpha value is -3.91. The van der Waals surface area contributed by atoms with Gasteiger partial charge in [0.2, 0.25) is 5.78 Å². The van der Waals surface area contributed by atoms with Gasteiger partial charge < -0.3 is 4.40 Å². The van der Waals surface area contributed by atoms with E-state index >= 15 is 0 Å². The second-order valence-corrected chi connectivity index (χ2v) is 7.50. The van der Waals surface area contributed by atoms with Crippen molar-refractivity contribution >= 4 is 11.3 Å². The van der Waals surface area contributed by atoms with E-state index in [1.807, 2.05) is 59.0 Å². The third-order valence-corrected chi connectivity index (χ3v) is 5.53. The maximum atomic E-state index is 13.6. The van der Waals surface area contributed by atoms with Crippen molar-refractivity contribution in [3.05, 3.63) is 126 Å². The molecule has 2 nitrogen and oxygen atoms in total. The van der Waals surface area contributed by atoms with E-state index in [1.165, 1.54) is 11.1 Å². The lowest BCUT2D eigenvalue weighted by Gasteiger charge is -2.10. The van der Waals surface area contributed by atoms with Crippen molar-refractivity contribution in [1.82, 2.24) is 4.40 Å². The molecule has 0 N–H and O–H groups in total. The molecule has 5 aromatic rings. The second kappa shape index (κ2) is 7.49. The molecule has 0 fully saturated rings. The Balaban J connectivity index is 1.78. The molecule has 0 aliphatic carbocycles. The predicted octanol–water partition coefficient (Wildman–Crippen LogP) is 6.81. The molecule has 5 rings (SSSR count). The van der Waals surface area contributed by atoms with Crippen LogP contribution in [0.25, 0.3) is 27.8 Å². The van der Waals surface area contributed by atoms with Gasteiger partial charge in [0.05, 0.1) is 0 Å². The van der Waals surface area contributed by atoms with Crippen LogP contribution in [0.3, 0.4) is 0 Å². The van der Waals surface area contributed by atoms with Crippen LogP contribution in [-0.2, 0) is 0 Å². The smallest absolute Gasteiger partial charge is 0.210 e. The minimum absolute atomic E-state index is 0.0290. The van der Waals surface area contributed by atoms with E-state index in [2.05, 4.69) is 61.7 Å². The topological polar surface area (TPSA) is 21.5 Å². The molecule has 2 aromatic heterocycles. The lowest BCUT2D eigenvalue weighted by Crippen LogP contribution is -2.07. The predicted molar refractivity (Wildman–Crippen MR) is 123 cm³/mol. The Bertz CT molecular complexity index is 1330. The zero-order valence-corrected chi connectivity index (χ0v) is 16.7. The fourth-order valence-electron chi connectivity index (χ4n) is 4.04. The third kappa shape index (κ3) is 3.13. The maximum absolute atomic E-state index is 13.6. The minimum atomic E-state index is 0.0290. The number of fused-ring (bicyclic) bond motifs is 1. The van der Waals surface area contributed by atoms with E-state index in [1.54, 1.807) is 0 Å². The van der Waals surface area contributed by atoms with Crippen LogP contribution in [0.2, 0.25) is 0 Å². The molecule has 2 heterocycles. The Labute approximate surface area is 176 Å². The normalized spacial score (nSPS) is 11.0. The van der Waals surface area contributed by atoms with Gasteiger partial charge in [0.25, 0.3) is 0 Å². The van der Waals surface area contributed by atoms with Gasteiger partial charge in [-0.25, -0.2) is 0 Å². The zero-order chi connectivity index (χ0) is 20.5. The number of aryl methyl sites for hydroxylation is 1. The molecule has 0 bridgehead atoms. The number of ketones is 1. The average Bonchev–Trinajstić information content (AvgIpc) is 3.18. The molecular weight excluding hydrogens is 366 g/mol. The number of carbonyl (C=O) groups is 1. The van der Waals surface area contributed by atoms with Crippen LogP contribution in [-0.4, -0.2) is 10.2 Å². The van der Waals surface area contributed by atoms with E-state index in [-0.39, 0.29) is 5.78 Å². The molecule has 3 aromatic carbocycles. The minimum Gasteiger partial charge on any atom is -0.313 e. The Morgan fingerprint density at radius 1 is 0.667 bits per heavy atom. The largest absolute Gasteiger partial charge is 0.313 e. The first kappa shape index (κ1) is 18.1. The van der Waals surface area contributed by atoms with Crippen LogP contribution in [0.1, 0.15) is 21.6 Å². The molecule has 0 saturated carbocycles. The molecule has 0 radical (unpaired) electrons. The van der Waals surface area contributed by atoms with Crippen molar-refractivity contribution < 1.29 is 4.79 Å². The number of rotatable bonds is 4. The summed E-state index contributed by atoms with van der Waals surface area (Å²) in [5.74, 6) is 0.0290. The number of benzene rings is 3. The van der Waals surface area contributed by atoms with Gasteiger partial charge in [0, 0.05) is 22.8 Å². The number of hydrogen-bond donors (Lipinski definition) is 0. The van der Waals surface area contributed by atoms with Crippen molar-refractivity contribution in [1.29, 1.82) is 0 Å². The number of pyridine rings is 1. The first-order valence-corrected chi connectivity index (χ1v) is 10.1. The van der Waals surface area contributed by atoms with Crippen LogP contribution in [0, 0.1) is 6.92 Å². The van der Waals surface area contributed by atoms with Gasteiger partial charge in [0.15, 0.2) is 0 Å². The van der Waals surface area contributed by atoms with Crippen LogP contribution < -0.4 is 0 Å². The Morgan fingerprint density at radius 2 is 1.17 bits per heavy atom. The van der Waals surface area contributed by atoms with Gasteiger partial charge in [-0.1, -0.05) is 91.0 Å². The van der Waals surface area contributed by atoms with Crippen LogP contribution in [0.15, 0.2) is 109 Å². The lowest BCUT2D eigenvalue weighted by molar-refractivity contribution is 0.103. The molecule has 0 amide bonds. The van der Waals surface area contributed by atoms with Crippen molar-refractivity contribution in [3.63, 3.8) is 0 Å². The first-order valence-electron chi connectivity index (χ1n) is 10.1. The summed E-state index contributed by atoms with van der Waals surface area (Å²) in [5, 5.41) is 0. The van der Waals surface area contributed by atoms with Crippen LogP contribution in [0.5, 0.6) is 0 Å². The molecule has 0 aliphatic heterocycles. The molecule has 0 saturated heterocycles. The van der Waals surface area contributed by atoms with Gasteiger partial charge in [0.1, 0.15) is 5.69 Å². The van der Waals surface area contributed by atoms with E-state index in [9.17, 15) is 4.79 Å². The quantitative estimate of drug-likeness (QED) is 0.310. The molecular formula is C28H21NO. The summed E-state index contributed by atoms with van der Waals surface area (Å²) in [7, 11) is 0. The maximum Gasteiger partial charge on any atom is 0.210 e. The highest BCUT2D eigenvalue weighted by Crippen LogP contribution is 2.33. The van der Waals surface area contributed by atoms with Crippen molar-refractivity contribution in [2.45, 2.75) is 6.92 Å². The molecule has 0 spiro atoms. The Kier molecular flexibility index (Phi) is 4.53. The molecule has 30 heavy (non-hydrogen) atoms. The average molecular weight is 387 g/mol. The van der Waals surface area contributed by atoms with E-state index in [0.717, 1.165) is 22.2 Å². The van der Waals surface area contributed by atoms with E-state index in [0.29, 0.717) is 11.3 Å². The van der Waals surface area contributed by atoms with Crippen molar-refractivity contribution in [3.8, 4) is 22.3 Å². The van der Waals surface area contributed by atoms with Gasteiger partial charge in [-0.3, -0.25) is 4.79 Å². The first-order chi connectivity index (χ1) is 14.7. The summed E-state index contributed by atoms with van der Waals surface area (Å²) in [4.78, 5) is 13.6. The summed E-state index contributed by atoms with van der Waals surface area (Å²) >= 11 is 0. The van der Waals surface area contributed by atoms with E-state index < -0.39 is 0 Å². The summed E-state index contributed by atoms with van der Waals surface area (Å²) in [6.45, 7) is 2.10. The summed E-state index contributed by atoms with van der Waals surface area (Å²) in [5.41, 5.74) is 7.89. The third-order valence-electron chi connectivity index (χ3n) is 5.53. The molecule has 0 aliphatic rings. The molecule has 0 unspecified atom stereocenters. The summed E-state index contributed by atoms with van der Waals surface area (Å²) in [6.07, 6.45) is 2.08. The highest BCUT2D eigenvalue weighted by Gasteiger charge is 2.21. The number of hydrogen-bond acceptors (Lipinski definition) is 1. The van der Waals surface area contributed by atoms with E-state index in [4.69, 9.17) is 0 Å². The lowest BCUT2D eigenvalue weighted by atomic mass is 10.0. The van der Waals surface area contributed by atoms with Crippen molar-refractivity contribution in [2.24, 2.45) is 0 Å². The standard InChI is InChI=1S/C28H21NO/c1-20-19-29-24(17-25(20)21-11-5-2-6-12-21)18-26(22-13-7-3-8-14-22)27(29)28(30)23-15-9-4-10-16-23/h2-19H,1H3. The summed E-state index contributed by atoms with van der Waals surface area (Å²) in [6, 6.07) is 34.3. The van der Waals surface area contributed by atoms with Crippen molar-refractivity contribution in [2.75, 3.05) is 0 Å². The molecule has 0 atom stereocenters. The monoisotopic (exact) mass is 387 g/mol. The van der Waals surface area contributed by atoms with Gasteiger partial charge in [-0.05, 0) is 41.3 Å². The second-order valence-electron chi connectivity index (χ2n) is 7.50. The molecule has 2 heteroatoms. The SMILES string of the molecule is Cc1cn2c(C(=O)c3ccccc3)c(-c3ccccc3)cc2cc1-c1ccccc1. The highest BCUT2D eigenvalue weighted by molar-refractivity contribution is 6.13. The van der Waals surface area contributed by atoms with Gasteiger partial charge in [-0.15, -0.1) is 0 Å². The number of carbonyl (C=O) groups excluding carboxylic acids is 1. The number of aromatic nitrogens is 1. The summed E-state index contributed by atoms with van der Waals surface area (Å²) < 4.78 is 2.04. The van der Waals surface area contributed by atoms with Crippen LogP contribution in [0.4, 0.5) is 0 Å².